The molecule has 0 saturated carbocycles. The first kappa shape index (κ1) is 26.2. The molecule has 0 saturated heterocycles. The molecule has 180 valence electrons. The largest absolute Gasteiger partial charge is 0.493 e. The molecule has 0 aliphatic carbocycles. The number of halogens is 3. The molecule has 0 spiro atoms. The van der Waals surface area contributed by atoms with Crippen LogP contribution < -0.4 is 15.0 Å². The van der Waals surface area contributed by atoms with Crippen LogP contribution in [-0.4, -0.2) is 42.2 Å². The van der Waals surface area contributed by atoms with E-state index in [0.717, 1.165) is 4.47 Å². The Morgan fingerprint density at radius 2 is 1.91 bits per heavy atom. The molecule has 0 unspecified atom stereocenters. The molecular formula is C23H22Br2ClN3O5. The van der Waals surface area contributed by atoms with Gasteiger partial charge in [0.15, 0.2) is 17.6 Å². The van der Waals surface area contributed by atoms with E-state index in [1.165, 1.54) is 32.0 Å². The summed E-state index contributed by atoms with van der Waals surface area (Å²) in [7, 11) is 2.72. The van der Waals surface area contributed by atoms with Gasteiger partial charge in [-0.05, 0) is 47.1 Å². The Hall–Kier alpha value is -2.43. The van der Waals surface area contributed by atoms with Crippen molar-refractivity contribution in [3.63, 3.8) is 0 Å². The highest BCUT2D eigenvalue weighted by Gasteiger charge is 2.23. The molecule has 0 N–H and O–H groups in total. The first-order chi connectivity index (χ1) is 16.1. The first-order valence-corrected chi connectivity index (χ1v) is 12.1. The number of hydrogen-bond acceptors (Lipinski definition) is 7. The molecular weight excluding hydrogens is 594 g/mol. The van der Waals surface area contributed by atoms with Crippen molar-refractivity contribution < 1.29 is 19.0 Å². The van der Waals surface area contributed by atoms with Gasteiger partial charge in [-0.15, -0.1) is 0 Å². The molecule has 11 heteroatoms. The molecule has 0 bridgehead atoms. The van der Waals surface area contributed by atoms with E-state index in [1.807, 2.05) is 19.9 Å². The summed E-state index contributed by atoms with van der Waals surface area (Å²) < 4.78 is 18.3. The minimum Gasteiger partial charge on any atom is -0.493 e. The molecule has 0 aliphatic heterocycles. The molecule has 34 heavy (non-hydrogen) atoms. The second kappa shape index (κ2) is 10.9. The summed E-state index contributed by atoms with van der Waals surface area (Å²) in [5, 5.41) is 5.04. The Morgan fingerprint density at radius 1 is 1.21 bits per heavy atom. The SMILES string of the molecule is COC(=O)[C@@H](C)Oc1c(OC)cc(C=Nn2c(C(C)C)nc3ccc(Br)cc3c2=O)c(Br)c1Cl. The van der Waals surface area contributed by atoms with Crippen molar-refractivity contribution in [1.82, 2.24) is 9.66 Å². The van der Waals surface area contributed by atoms with E-state index < -0.39 is 12.1 Å². The number of benzene rings is 2. The summed E-state index contributed by atoms with van der Waals surface area (Å²) in [6.45, 7) is 5.40. The zero-order valence-corrected chi connectivity index (χ0v) is 23.0. The maximum atomic E-state index is 13.2. The number of methoxy groups -OCH3 is 2. The van der Waals surface area contributed by atoms with Crippen LogP contribution in [-0.2, 0) is 9.53 Å². The predicted octanol–water partition coefficient (Wildman–Crippen LogP) is 5.53. The Balaban J connectivity index is 2.12. The van der Waals surface area contributed by atoms with E-state index in [2.05, 4.69) is 41.9 Å². The molecule has 0 radical (unpaired) electrons. The number of carbonyl (C=O) groups excluding carboxylic acids is 1. The lowest BCUT2D eigenvalue weighted by Crippen LogP contribution is -2.25. The number of ether oxygens (including phenoxy) is 3. The lowest BCUT2D eigenvalue weighted by atomic mass is 10.2. The second-order valence-electron chi connectivity index (χ2n) is 7.56. The molecule has 1 atom stereocenters. The molecule has 0 aliphatic rings. The third-order valence-corrected chi connectivity index (χ3v) is 6.80. The summed E-state index contributed by atoms with van der Waals surface area (Å²) in [6.07, 6.45) is 0.572. The number of rotatable bonds is 7. The van der Waals surface area contributed by atoms with Gasteiger partial charge in [-0.1, -0.05) is 41.4 Å². The number of hydrogen-bond donors (Lipinski definition) is 0. The van der Waals surface area contributed by atoms with Crippen molar-refractivity contribution in [3.05, 3.63) is 60.0 Å². The van der Waals surface area contributed by atoms with Gasteiger partial charge in [0.2, 0.25) is 0 Å². The number of aromatic nitrogens is 2. The minimum atomic E-state index is -0.905. The maximum Gasteiger partial charge on any atom is 0.346 e. The van der Waals surface area contributed by atoms with E-state index in [4.69, 9.17) is 25.8 Å². The summed E-state index contributed by atoms with van der Waals surface area (Å²) in [5.74, 6) is 0.342. The molecule has 0 amide bonds. The number of carbonyl (C=O) groups is 1. The van der Waals surface area contributed by atoms with Crippen LogP contribution in [0.2, 0.25) is 5.02 Å². The molecule has 0 fully saturated rings. The molecule has 1 aromatic heterocycles. The highest BCUT2D eigenvalue weighted by Crippen LogP contribution is 2.42. The van der Waals surface area contributed by atoms with E-state index in [0.29, 0.717) is 26.8 Å². The van der Waals surface area contributed by atoms with Crippen molar-refractivity contribution in [1.29, 1.82) is 0 Å². The summed E-state index contributed by atoms with van der Waals surface area (Å²) in [5.41, 5.74) is 0.818. The summed E-state index contributed by atoms with van der Waals surface area (Å²) in [4.78, 5) is 29.6. The lowest BCUT2D eigenvalue weighted by Gasteiger charge is -2.18. The van der Waals surface area contributed by atoms with Crippen molar-refractivity contribution >= 4 is 66.5 Å². The van der Waals surface area contributed by atoms with Crippen LogP contribution in [0, 0.1) is 0 Å². The fourth-order valence-corrected chi connectivity index (χ4v) is 4.13. The van der Waals surface area contributed by atoms with E-state index in [-0.39, 0.29) is 28.0 Å². The van der Waals surface area contributed by atoms with Crippen molar-refractivity contribution in [3.8, 4) is 11.5 Å². The molecule has 8 nitrogen and oxygen atoms in total. The van der Waals surface area contributed by atoms with Gasteiger partial charge in [0, 0.05) is 20.4 Å². The Kier molecular flexibility index (Phi) is 8.38. The number of esters is 1. The van der Waals surface area contributed by atoms with Gasteiger partial charge in [-0.25, -0.2) is 9.78 Å². The first-order valence-electron chi connectivity index (χ1n) is 10.2. The quantitative estimate of drug-likeness (QED) is 0.257. The van der Waals surface area contributed by atoms with Gasteiger partial charge in [0.25, 0.3) is 5.56 Å². The molecule has 2 aromatic carbocycles. The molecule has 3 aromatic rings. The Labute approximate surface area is 218 Å². The smallest absolute Gasteiger partial charge is 0.346 e. The average Bonchev–Trinajstić information content (AvgIpc) is 2.81. The van der Waals surface area contributed by atoms with Crippen molar-refractivity contribution in [2.45, 2.75) is 32.8 Å². The highest BCUT2D eigenvalue weighted by molar-refractivity contribution is 9.10. The fourth-order valence-electron chi connectivity index (χ4n) is 3.12. The van der Waals surface area contributed by atoms with Gasteiger partial charge < -0.3 is 14.2 Å². The zero-order chi connectivity index (χ0) is 25.2. The minimum absolute atomic E-state index is 0.0601. The van der Waals surface area contributed by atoms with Gasteiger partial charge in [0.1, 0.15) is 10.8 Å². The maximum absolute atomic E-state index is 13.2. The van der Waals surface area contributed by atoms with E-state index in [9.17, 15) is 9.59 Å². The van der Waals surface area contributed by atoms with Crippen LogP contribution >= 0.6 is 43.5 Å². The number of nitrogens with zero attached hydrogens (tertiary/aromatic N) is 3. The zero-order valence-electron chi connectivity index (χ0n) is 19.1. The third-order valence-electron chi connectivity index (χ3n) is 4.87. The third kappa shape index (κ3) is 5.29. The summed E-state index contributed by atoms with van der Waals surface area (Å²) in [6, 6.07) is 6.97. The molecule has 1 heterocycles. The topological polar surface area (TPSA) is 92.0 Å². The molecule has 3 rings (SSSR count). The van der Waals surface area contributed by atoms with Crippen molar-refractivity contribution in [2.75, 3.05) is 14.2 Å². The fraction of sp³-hybridized carbons (Fsp3) is 0.304. The predicted molar refractivity (Wildman–Crippen MR) is 139 cm³/mol. The standard InChI is InChI=1S/C23H22Br2ClN3O5/c1-11(2)21-28-16-7-6-14(24)9-15(16)22(30)29(21)27-10-13-8-17(32-4)20(19(26)18(13)25)34-12(3)23(31)33-5/h6-12H,1-5H3/t12-/m1/s1. The van der Waals surface area contributed by atoms with Crippen LogP contribution in [0.15, 0.2) is 43.1 Å². The van der Waals surface area contributed by atoms with Gasteiger partial charge in [-0.2, -0.15) is 9.78 Å². The van der Waals surface area contributed by atoms with Crippen LogP contribution in [0.4, 0.5) is 0 Å². The van der Waals surface area contributed by atoms with Crippen LogP contribution in [0.5, 0.6) is 11.5 Å². The average molecular weight is 616 g/mol. The lowest BCUT2D eigenvalue weighted by molar-refractivity contribution is -0.147. The van der Waals surface area contributed by atoms with E-state index in [1.54, 1.807) is 18.2 Å². The monoisotopic (exact) mass is 613 g/mol. The van der Waals surface area contributed by atoms with Gasteiger partial charge in [0.05, 0.1) is 31.3 Å². The van der Waals surface area contributed by atoms with E-state index >= 15 is 0 Å². The number of fused-ring (bicyclic) bond motifs is 1. The Morgan fingerprint density at radius 3 is 2.53 bits per heavy atom. The van der Waals surface area contributed by atoms with Gasteiger partial charge >= 0.3 is 5.97 Å². The highest BCUT2D eigenvalue weighted by atomic mass is 79.9. The van der Waals surface area contributed by atoms with Crippen molar-refractivity contribution in [2.24, 2.45) is 5.10 Å². The Bertz CT molecular complexity index is 1340. The van der Waals surface area contributed by atoms with Gasteiger partial charge in [-0.3, -0.25) is 4.79 Å². The van der Waals surface area contributed by atoms with Crippen LogP contribution in [0.1, 0.15) is 38.1 Å². The summed E-state index contributed by atoms with van der Waals surface area (Å²) >= 11 is 13.4. The van der Waals surface area contributed by atoms with Crippen LogP contribution in [0.25, 0.3) is 10.9 Å². The van der Waals surface area contributed by atoms with Crippen LogP contribution in [0.3, 0.4) is 0 Å². The second-order valence-corrected chi connectivity index (χ2v) is 9.64. The normalized spacial score (nSPS) is 12.4.